The molecule has 0 amide bonds. The van der Waals surface area contributed by atoms with Crippen LogP contribution in [0.25, 0.3) is 0 Å². The normalized spacial score (nSPS) is 21.0. The lowest BCUT2D eigenvalue weighted by atomic mass is 9.89. The van der Waals surface area contributed by atoms with E-state index in [1.165, 1.54) is 6.07 Å². The third-order valence-electron chi connectivity index (χ3n) is 4.91. The first-order chi connectivity index (χ1) is 11.4. The number of ether oxygens (including phenoxy) is 1. The van der Waals surface area contributed by atoms with Gasteiger partial charge in [-0.3, -0.25) is 4.90 Å². The van der Waals surface area contributed by atoms with Crippen LogP contribution in [0.5, 0.6) is 5.75 Å². The van der Waals surface area contributed by atoms with Crippen molar-refractivity contribution in [3.63, 3.8) is 0 Å². The van der Waals surface area contributed by atoms with E-state index in [9.17, 15) is 13.2 Å². The highest BCUT2D eigenvalue weighted by atomic mass is 79.9. The van der Waals surface area contributed by atoms with Gasteiger partial charge in [0.1, 0.15) is 5.75 Å². The molecule has 2 fully saturated rings. The Bertz CT molecular complexity index is 561. The molecule has 0 bridgehead atoms. The molecule has 1 aliphatic heterocycles. The van der Waals surface area contributed by atoms with Gasteiger partial charge in [0, 0.05) is 42.3 Å². The van der Waals surface area contributed by atoms with E-state index in [0.29, 0.717) is 11.5 Å². The Balaban J connectivity index is 0.00000225. The number of piperazine rings is 1. The maximum atomic E-state index is 12.8. The van der Waals surface area contributed by atoms with Crippen molar-refractivity contribution in [1.29, 1.82) is 0 Å². The topological polar surface area (TPSA) is 24.5 Å². The van der Waals surface area contributed by atoms with Gasteiger partial charge in [-0.25, -0.2) is 0 Å². The van der Waals surface area contributed by atoms with Gasteiger partial charge >= 0.3 is 6.36 Å². The predicted molar refractivity (Wildman–Crippen MR) is 97.2 cm³/mol. The summed E-state index contributed by atoms with van der Waals surface area (Å²) in [7, 11) is 0. The van der Waals surface area contributed by atoms with Crippen molar-refractivity contribution in [2.75, 3.05) is 26.2 Å². The number of hydrogen-bond donors (Lipinski definition) is 1. The number of nitrogens with zero attached hydrogens (tertiary/aromatic N) is 1. The molecule has 1 heterocycles. The molecule has 1 aliphatic carbocycles. The second kappa shape index (κ2) is 8.93. The van der Waals surface area contributed by atoms with E-state index in [4.69, 9.17) is 0 Å². The van der Waals surface area contributed by atoms with Gasteiger partial charge in [-0.05, 0) is 37.0 Å². The van der Waals surface area contributed by atoms with Crippen LogP contribution in [-0.4, -0.2) is 37.4 Å². The van der Waals surface area contributed by atoms with Crippen LogP contribution >= 0.6 is 28.3 Å². The van der Waals surface area contributed by atoms with E-state index in [2.05, 4.69) is 30.9 Å². The Hall–Kier alpha value is -0.500. The largest absolute Gasteiger partial charge is 0.573 e. The molecule has 2 aliphatic rings. The summed E-state index contributed by atoms with van der Waals surface area (Å²) in [5.74, 6) is 0.314. The van der Waals surface area contributed by atoms with Crippen molar-refractivity contribution >= 4 is 28.3 Å². The molecule has 0 aromatic heterocycles. The van der Waals surface area contributed by atoms with Crippen molar-refractivity contribution in [2.24, 2.45) is 5.92 Å². The second-order valence-electron chi connectivity index (χ2n) is 6.51. The highest BCUT2D eigenvalue weighted by molar-refractivity contribution is 9.10. The molecule has 0 spiro atoms. The Kier molecular flexibility index (Phi) is 7.43. The summed E-state index contributed by atoms with van der Waals surface area (Å²) in [6.07, 6.45) is -0.251. The van der Waals surface area contributed by atoms with Gasteiger partial charge in [0.2, 0.25) is 0 Å². The lowest BCUT2D eigenvalue weighted by molar-refractivity contribution is -0.275. The minimum Gasteiger partial charge on any atom is -0.405 e. The Morgan fingerprint density at radius 2 is 1.80 bits per heavy atom. The molecule has 1 saturated heterocycles. The van der Waals surface area contributed by atoms with Crippen LogP contribution < -0.4 is 10.1 Å². The highest BCUT2D eigenvalue weighted by Gasteiger charge is 2.37. The van der Waals surface area contributed by atoms with Crippen molar-refractivity contribution in [3.05, 3.63) is 28.2 Å². The number of alkyl halides is 3. The van der Waals surface area contributed by atoms with E-state index in [1.807, 2.05) is 0 Å². The van der Waals surface area contributed by atoms with Crippen molar-refractivity contribution in [2.45, 2.75) is 38.1 Å². The van der Waals surface area contributed by atoms with E-state index >= 15 is 0 Å². The van der Waals surface area contributed by atoms with Crippen LogP contribution in [0.3, 0.4) is 0 Å². The van der Waals surface area contributed by atoms with Crippen LogP contribution in [0, 0.1) is 5.92 Å². The zero-order valence-electron chi connectivity index (χ0n) is 13.8. The van der Waals surface area contributed by atoms with Gasteiger partial charge in [-0.1, -0.05) is 28.8 Å². The molecule has 3 rings (SSSR count). The first-order valence-electron chi connectivity index (χ1n) is 8.44. The molecule has 8 heteroatoms. The lowest BCUT2D eigenvalue weighted by Gasteiger charge is -2.39. The zero-order chi connectivity index (χ0) is 17.2. The molecule has 0 unspecified atom stereocenters. The minimum atomic E-state index is -4.67. The van der Waals surface area contributed by atoms with E-state index in [0.717, 1.165) is 56.3 Å². The fraction of sp³-hybridized carbons (Fsp3) is 0.647. The van der Waals surface area contributed by atoms with Crippen LogP contribution in [0.1, 0.15) is 37.3 Å². The van der Waals surface area contributed by atoms with Gasteiger partial charge in [-0.2, -0.15) is 0 Å². The van der Waals surface area contributed by atoms with Gasteiger partial charge in [0.05, 0.1) is 0 Å². The SMILES string of the molecule is Cl.FC(F)(F)Oc1ccc(Br)cc1[C@@H](C1CCCC1)N1CCNCC1. The third kappa shape index (κ3) is 5.49. The Morgan fingerprint density at radius 1 is 1.16 bits per heavy atom. The molecule has 142 valence electrons. The van der Waals surface area contributed by atoms with Gasteiger partial charge in [-0.15, -0.1) is 25.6 Å². The van der Waals surface area contributed by atoms with E-state index < -0.39 is 6.36 Å². The summed E-state index contributed by atoms with van der Waals surface area (Å²) in [4.78, 5) is 2.32. The number of benzene rings is 1. The monoisotopic (exact) mass is 442 g/mol. The first-order valence-corrected chi connectivity index (χ1v) is 9.23. The van der Waals surface area contributed by atoms with Gasteiger partial charge in [0.15, 0.2) is 0 Å². The van der Waals surface area contributed by atoms with Crippen LogP contribution in [0.15, 0.2) is 22.7 Å². The smallest absolute Gasteiger partial charge is 0.405 e. The number of halogens is 5. The molecule has 1 aromatic carbocycles. The van der Waals surface area contributed by atoms with Crippen molar-refractivity contribution in [3.8, 4) is 5.75 Å². The predicted octanol–water partition coefficient (Wildman–Crippen LogP) is 4.91. The van der Waals surface area contributed by atoms with E-state index in [-0.39, 0.29) is 24.2 Å². The first kappa shape index (κ1) is 20.8. The fourth-order valence-corrected chi connectivity index (χ4v) is 4.33. The highest BCUT2D eigenvalue weighted by Crippen LogP contribution is 2.44. The quantitative estimate of drug-likeness (QED) is 0.716. The van der Waals surface area contributed by atoms with Crippen LogP contribution in [0.2, 0.25) is 0 Å². The molecule has 1 aromatic rings. The second-order valence-corrected chi connectivity index (χ2v) is 7.42. The fourth-order valence-electron chi connectivity index (χ4n) is 3.95. The number of hydrogen-bond acceptors (Lipinski definition) is 3. The Morgan fingerprint density at radius 3 is 2.40 bits per heavy atom. The average Bonchev–Trinajstić information content (AvgIpc) is 3.04. The molecule has 0 radical (unpaired) electrons. The summed E-state index contributed by atoms with van der Waals surface area (Å²) < 4.78 is 43.7. The number of rotatable bonds is 4. The molecule has 1 saturated carbocycles. The van der Waals surface area contributed by atoms with Crippen molar-refractivity contribution in [1.82, 2.24) is 10.2 Å². The molecule has 3 nitrogen and oxygen atoms in total. The molecule has 25 heavy (non-hydrogen) atoms. The van der Waals surface area contributed by atoms with E-state index in [1.54, 1.807) is 12.1 Å². The summed E-state index contributed by atoms with van der Waals surface area (Å²) in [5.41, 5.74) is 0.649. The standard InChI is InChI=1S/C17H22BrF3N2O.ClH/c18-13-5-6-15(24-17(19,20)21)14(11-13)16(12-3-1-2-4-12)23-9-7-22-8-10-23;/h5-6,11-12,16,22H,1-4,7-10H2;1H/t16-;/m1./s1. The summed E-state index contributed by atoms with van der Waals surface area (Å²) in [5, 5.41) is 3.31. The zero-order valence-corrected chi connectivity index (χ0v) is 16.2. The maximum Gasteiger partial charge on any atom is 0.573 e. The lowest BCUT2D eigenvalue weighted by Crippen LogP contribution is -2.46. The average molecular weight is 444 g/mol. The van der Waals surface area contributed by atoms with Crippen LogP contribution in [-0.2, 0) is 0 Å². The molecule has 1 N–H and O–H groups in total. The molecule has 1 atom stereocenters. The third-order valence-corrected chi connectivity index (χ3v) is 5.40. The number of nitrogens with one attached hydrogen (secondary N) is 1. The molecular weight excluding hydrogens is 421 g/mol. The summed E-state index contributed by atoms with van der Waals surface area (Å²) >= 11 is 3.41. The summed E-state index contributed by atoms with van der Waals surface area (Å²) in [6, 6.07) is 4.81. The summed E-state index contributed by atoms with van der Waals surface area (Å²) in [6.45, 7) is 3.43. The van der Waals surface area contributed by atoms with Gasteiger partial charge in [0.25, 0.3) is 0 Å². The van der Waals surface area contributed by atoms with Gasteiger partial charge < -0.3 is 10.1 Å². The maximum absolute atomic E-state index is 12.8. The molecular formula is C17H23BrClF3N2O. The minimum absolute atomic E-state index is 0. The Labute approximate surface area is 160 Å². The van der Waals surface area contributed by atoms with Crippen molar-refractivity contribution < 1.29 is 17.9 Å². The van der Waals surface area contributed by atoms with Crippen LogP contribution in [0.4, 0.5) is 13.2 Å².